The lowest BCUT2D eigenvalue weighted by Crippen LogP contribution is -2.33. The Morgan fingerprint density at radius 2 is 2.19 bits per heavy atom. The Hall–Kier alpha value is -1.61. The molecule has 2 aromatic rings. The van der Waals surface area contributed by atoms with Gasteiger partial charge in [-0.25, -0.2) is 0 Å². The van der Waals surface area contributed by atoms with Crippen molar-refractivity contribution in [1.29, 1.82) is 0 Å². The summed E-state index contributed by atoms with van der Waals surface area (Å²) in [4.78, 5) is 0. The Morgan fingerprint density at radius 1 is 1.38 bits per heavy atom. The number of hydrogen-bond donors (Lipinski definition) is 1. The Bertz CT molecular complexity index is 615. The molecule has 3 heteroatoms. The van der Waals surface area contributed by atoms with Gasteiger partial charge in [0.15, 0.2) is 0 Å². The first-order chi connectivity index (χ1) is 10.2. The summed E-state index contributed by atoms with van der Waals surface area (Å²) in [6, 6.07) is 11.2. The Balaban J connectivity index is 1.81. The summed E-state index contributed by atoms with van der Waals surface area (Å²) in [6.45, 7) is 5.10. The van der Waals surface area contributed by atoms with Gasteiger partial charge in [0.25, 0.3) is 0 Å². The van der Waals surface area contributed by atoms with E-state index in [0.29, 0.717) is 5.92 Å². The van der Waals surface area contributed by atoms with Crippen LogP contribution in [0.5, 0.6) is 0 Å². The van der Waals surface area contributed by atoms with Gasteiger partial charge in [0.05, 0.1) is 5.69 Å². The van der Waals surface area contributed by atoms with Gasteiger partial charge in [0, 0.05) is 24.7 Å². The highest BCUT2D eigenvalue weighted by atomic mass is 15.3. The van der Waals surface area contributed by atoms with Gasteiger partial charge in [-0.3, -0.25) is 4.68 Å². The maximum absolute atomic E-state index is 6.59. The van der Waals surface area contributed by atoms with Crippen molar-refractivity contribution < 1.29 is 0 Å². The minimum Gasteiger partial charge on any atom is -0.327 e. The van der Waals surface area contributed by atoms with Gasteiger partial charge in [-0.05, 0) is 56.2 Å². The van der Waals surface area contributed by atoms with Crippen LogP contribution < -0.4 is 5.73 Å². The van der Waals surface area contributed by atoms with Gasteiger partial charge >= 0.3 is 0 Å². The number of rotatable bonds is 4. The predicted molar refractivity (Wildman–Crippen MR) is 86.4 cm³/mol. The second-order valence-electron chi connectivity index (χ2n) is 6.16. The summed E-state index contributed by atoms with van der Waals surface area (Å²) in [7, 11) is 0. The average molecular weight is 283 g/mol. The Labute approximate surface area is 127 Å². The predicted octanol–water partition coefficient (Wildman–Crippen LogP) is 3.20. The largest absolute Gasteiger partial charge is 0.327 e. The summed E-state index contributed by atoms with van der Waals surface area (Å²) in [5, 5.41) is 4.53. The molecule has 1 aliphatic carbocycles. The molecule has 112 valence electrons. The van der Waals surface area contributed by atoms with E-state index in [9.17, 15) is 0 Å². The number of nitrogens with zero attached hydrogens (tertiary/aromatic N) is 2. The van der Waals surface area contributed by atoms with Gasteiger partial charge < -0.3 is 5.73 Å². The molecule has 2 atom stereocenters. The van der Waals surface area contributed by atoms with E-state index in [1.807, 2.05) is 0 Å². The second-order valence-corrected chi connectivity index (χ2v) is 6.16. The summed E-state index contributed by atoms with van der Waals surface area (Å²) >= 11 is 0. The number of hydrogen-bond acceptors (Lipinski definition) is 2. The molecule has 1 aliphatic rings. The first-order valence-corrected chi connectivity index (χ1v) is 8.05. The molecule has 0 saturated carbocycles. The van der Waals surface area contributed by atoms with Crippen LogP contribution in [0, 0.1) is 6.92 Å². The summed E-state index contributed by atoms with van der Waals surface area (Å²) in [5.41, 5.74) is 11.9. The van der Waals surface area contributed by atoms with Crippen LogP contribution in [-0.2, 0) is 19.4 Å². The van der Waals surface area contributed by atoms with Gasteiger partial charge in [0.1, 0.15) is 0 Å². The molecule has 0 fully saturated rings. The molecule has 0 bridgehead atoms. The van der Waals surface area contributed by atoms with Crippen molar-refractivity contribution in [2.24, 2.45) is 5.73 Å². The minimum absolute atomic E-state index is 0.174. The van der Waals surface area contributed by atoms with Crippen molar-refractivity contribution in [3.8, 4) is 0 Å². The van der Waals surface area contributed by atoms with Gasteiger partial charge in [-0.2, -0.15) is 5.10 Å². The summed E-state index contributed by atoms with van der Waals surface area (Å²) < 4.78 is 2.09. The van der Waals surface area contributed by atoms with Crippen LogP contribution in [0.2, 0.25) is 0 Å². The van der Waals surface area contributed by atoms with Gasteiger partial charge in [-0.1, -0.05) is 24.3 Å². The second kappa shape index (κ2) is 6.02. The molecule has 21 heavy (non-hydrogen) atoms. The van der Waals surface area contributed by atoms with E-state index in [4.69, 9.17) is 5.73 Å². The van der Waals surface area contributed by atoms with Crippen LogP contribution in [0.1, 0.15) is 48.2 Å². The van der Waals surface area contributed by atoms with E-state index in [0.717, 1.165) is 18.7 Å². The van der Waals surface area contributed by atoms with Crippen LogP contribution in [0.25, 0.3) is 0 Å². The third-order valence-corrected chi connectivity index (χ3v) is 4.66. The zero-order chi connectivity index (χ0) is 14.8. The lowest BCUT2D eigenvalue weighted by Gasteiger charge is -2.30. The van der Waals surface area contributed by atoms with E-state index in [1.54, 1.807) is 0 Å². The van der Waals surface area contributed by atoms with Crippen molar-refractivity contribution in [3.05, 3.63) is 52.8 Å². The topological polar surface area (TPSA) is 43.8 Å². The molecule has 3 nitrogen and oxygen atoms in total. The fourth-order valence-corrected chi connectivity index (χ4v) is 3.66. The molecule has 2 unspecified atom stereocenters. The van der Waals surface area contributed by atoms with Crippen LogP contribution in [0.15, 0.2) is 30.3 Å². The number of aromatic nitrogens is 2. The molecule has 0 aliphatic heterocycles. The SMILES string of the molecule is CCn1nc(C)cc1CC(N)C1CCCc2ccccc21. The van der Waals surface area contributed by atoms with Crippen LogP contribution in [-0.4, -0.2) is 15.8 Å². The molecule has 1 aromatic carbocycles. The first kappa shape index (κ1) is 14.3. The van der Waals surface area contributed by atoms with E-state index < -0.39 is 0 Å². The van der Waals surface area contributed by atoms with Crippen molar-refractivity contribution in [1.82, 2.24) is 9.78 Å². The number of fused-ring (bicyclic) bond motifs is 1. The molecular formula is C18H25N3. The van der Waals surface area contributed by atoms with Crippen molar-refractivity contribution >= 4 is 0 Å². The molecule has 2 N–H and O–H groups in total. The van der Waals surface area contributed by atoms with Crippen LogP contribution in [0.3, 0.4) is 0 Å². The quantitative estimate of drug-likeness (QED) is 0.936. The summed E-state index contributed by atoms with van der Waals surface area (Å²) in [5.74, 6) is 0.482. The molecule has 0 saturated heterocycles. The monoisotopic (exact) mass is 283 g/mol. The highest BCUT2D eigenvalue weighted by Gasteiger charge is 2.26. The molecule has 1 aromatic heterocycles. The van der Waals surface area contributed by atoms with E-state index in [2.05, 4.69) is 54.0 Å². The normalized spacial score (nSPS) is 19.3. The molecule has 3 rings (SSSR count). The standard InChI is InChI=1S/C18H25N3/c1-3-21-15(11-13(2)20-21)12-18(19)17-10-6-8-14-7-4-5-9-16(14)17/h4-5,7,9,11,17-18H,3,6,8,10,12,19H2,1-2H3. The maximum atomic E-state index is 6.59. The first-order valence-electron chi connectivity index (χ1n) is 8.05. The van der Waals surface area contributed by atoms with E-state index >= 15 is 0 Å². The van der Waals surface area contributed by atoms with E-state index in [1.165, 1.54) is 36.1 Å². The lowest BCUT2D eigenvalue weighted by atomic mass is 9.78. The van der Waals surface area contributed by atoms with Crippen LogP contribution >= 0.6 is 0 Å². The molecule has 1 heterocycles. The molecule has 0 amide bonds. The van der Waals surface area contributed by atoms with Crippen LogP contribution in [0.4, 0.5) is 0 Å². The smallest absolute Gasteiger partial charge is 0.0596 e. The van der Waals surface area contributed by atoms with Gasteiger partial charge in [-0.15, -0.1) is 0 Å². The maximum Gasteiger partial charge on any atom is 0.0596 e. The van der Waals surface area contributed by atoms with Gasteiger partial charge in [0.2, 0.25) is 0 Å². The highest BCUT2D eigenvalue weighted by molar-refractivity contribution is 5.34. The minimum atomic E-state index is 0.174. The highest BCUT2D eigenvalue weighted by Crippen LogP contribution is 2.34. The van der Waals surface area contributed by atoms with Crippen molar-refractivity contribution in [2.75, 3.05) is 0 Å². The zero-order valence-electron chi connectivity index (χ0n) is 13.0. The average Bonchev–Trinajstić information content (AvgIpc) is 2.86. The number of nitrogens with two attached hydrogens (primary N) is 1. The number of benzene rings is 1. The Kier molecular flexibility index (Phi) is 4.11. The molecular weight excluding hydrogens is 258 g/mol. The van der Waals surface area contributed by atoms with Crippen molar-refractivity contribution in [3.63, 3.8) is 0 Å². The fourth-order valence-electron chi connectivity index (χ4n) is 3.66. The number of aryl methyl sites for hydroxylation is 3. The lowest BCUT2D eigenvalue weighted by molar-refractivity contribution is 0.448. The molecule has 0 spiro atoms. The summed E-state index contributed by atoms with van der Waals surface area (Å²) in [6.07, 6.45) is 4.57. The zero-order valence-corrected chi connectivity index (χ0v) is 13.0. The van der Waals surface area contributed by atoms with Crippen molar-refractivity contribution in [2.45, 2.75) is 58.0 Å². The third-order valence-electron chi connectivity index (χ3n) is 4.66. The fraction of sp³-hybridized carbons (Fsp3) is 0.500. The molecule has 0 radical (unpaired) electrons. The van der Waals surface area contributed by atoms with E-state index in [-0.39, 0.29) is 6.04 Å². The third kappa shape index (κ3) is 2.88. The Morgan fingerprint density at radius 3 is 3.00 bits per heavy atom.